The van der Waals surface area contributed by atoms with E-state index in [1.807, 2.05) is 18.7 Å². The van der Waals surface area contributed by atoms with Crippen LogP contribution in [-0.4, -0.2) is 42.2 Å². The van der Waals surface area contributed by atoms with E-state index < -0.39 is 5.41 Å². The van der Waals surface area contributed by atoms with Crippen LogP contribution in [0.1, 0.15) is 33.1 Å². The van der Waals surface area contributed by atoms with Crippen LogP contribution in [0.4, 0.5) is 0 Å². The number of alkyl halides is 1. The van der Waals surface area contributed by atoms with Gasteiger partial charge in [-0.15, -0.1) is 11.6 Å². The van der Waals surface area contributed by atoms with Crippen LogP contribution in [-0.2, 0) is 9.59 Å². The molecule has 0 aromatic carbocycles. The van der Waals surface area contributed by atoms with Crippen LogP contribution >= 0.6 is 11.6 Å². The van der Waals surface area contributed by atoms with Crippen molar-refractivity contribution in [1.82, 2.24) is 10.2 Å². The number of amides is 2. The summed E-state index contributed by atoms with van der Waals surface area (Å²) >= 11 is 5.71. The number of hydrogen-bond acceptors (Lipinski definition) is 2. The lowest BCUT2D eigenvalue weighted by Crippen LogP contribution is -2.39. The topological polar surface area (TPSA) is 49.4 Å². The van der Waals surface area contributed by atoms with Gasteiger partial charge < -0.3 is 10.2 Å². The molecule has 0 spiro atoms. The Bertz CT molecular complexity index is 292. The molecular formula is C12H21ClN2O2. The first kappa shape index (κ1) is 14.3. The van der Waals surface area contributed by atoms with E-state index >= 15 is 0 Å². The molecule has 0 bridgehead atoms. The maximum atomic E-state index is 11.7. The molecule has 0 aromatic rings. The summed E-state index contributed by atoms with van der Waals surface area (Å²) in [6.07, 6.45) is 2.44. The van der Waals surface area contributed by atoms with Gasteiger partial charge in [0.15, 0.2) is 0 Å². The summed E-state index contributed by atoms with van der Waals surface area (Å²) in [6, 6.07) is 0. The van der Waals surface area contributed by atoms with E-state index in [2.05, 4.69) is 5.32 Å². The van der Waals surface area contributed by atoms with Crippen LogP contribution in [0.2, 0.25) is 0 Å². The summed E-state index contributed by atoms with van der Waals surface area (Å²) in [4.78, 5) is 24.9. The number of halogens is 1. The molecular weight excluding hydrogens is 240 g/mol. The third-order valence-corrected chi connectivity index (χ3v) is 3.68. The first-order valence-corrected chi connectivity index (χ1v) is 6.63. The Morgan fingerprint density at radius 3 is 2.76 bits per heavy atom. The molecule has 0 radical (unpaired) electrons. The third kappa shape index (κ3) is 4.19. The van der Waals surface area contributed by atoms with Crippen LogP contribution in [0.3, 0.4) is 0 Å². The smallest absolute Gasteiger partial charge is 0.226 e. The van der Waals surface area contributed by atoms with Crippen molar-refractivity contribution in [2.45, 2.75) is 33.1 Å². The lowest BCUT2D eigenvalue weighted by atomic mass is 9.95. The molecule has 1 fully saturated rings. The molecule has 1 heterocycles. The average molecular weight is 261 g/mol. The monoisotopic (exact) mass is 260 g/mol. The van der Waals surface area contributed by atoms with Crippen molar-refractivity contribution in [3.63, 3.8) is 0 Å². The van der Waals surface area contributed by atoms with E-state index in [-0.39, 0.29) is 11.8 Å². The van der Waals surface area contributed by atoms with Gasteiger partial charge in [0.2, 0.25) is 11.8 Å². The summed E-state index contributed by atoms with van der Waals surface area (Å²) in [5.41, 5.74) is -0.523. The van der Waals surface area contributed by atoms with Gasteiger partial charge in [-0.3, -0.25) is 9.59 Å². The van der Waals surface area contributed by atoms with Crippen molar-refractivity contribution >= 4 is 23.4 Å². The molecule has 4 nitrogen and oxygen atoms in total. The Hall–Kier alpha value is -0.770. The second-order valence-corrected chi connectivity index (χ2v) is 5.38. The highest BCUT2D eigenvalue weighted by Gasteiger charge is 2.26. The van der Waals surface area contributed by atoms with E-state index in [1.54, 1.807) is 0 Å². The van der Waals surface area contributed by atoms with Crippen LogP contribution in [0.15, 0.2) is 0 Å². The normalized spacial score (nSPS) is 16.4. The number of carbonyl (C=O) groups excluding carboxylic acids is 2. The molecule has 0 atom stereocenters. The quantitative estimate of drug-likeness (QED) is 0.579. The highest BCUT2D eigenvalue weighted by Crippen LogP contribution is 2.16. The van der Waals surface area contributed by atoms with Crippen molar-refractivity contribution in [3.8, 4) is 0 Å². The second-order valence-electron chi connectivity index (χ2n) is 5.11. The number of nitrogens with one attached hydrogen (secondary N) is 1. The van der Waals surface area contributed by atoms with E-state index in [4.69, 9.17) is 11.6 Å². The zero-order valence-corrected chi connectivity index (χ0v) is 11.3. The van der Waals surface area contributed by atoms with Gasteiger partial charge >= 0.3 is 0 Å². The molecule has 17 heavy (non-hydrogen) atoms. The van der Waals surface area contributed by atoms with E-state index in [1.165, 1.54) is 0 Å². The van der Waals surface area contributed by atoms with Gasteiger partial charge in [-0.2, -0.15) is 0 Å². The minimum atomic E-state index is -0.523. The van der Waals surface area contributed by atoms with Gasteiger partial charge in [0, 0.05) is 31.9 Å². The Balaban J connectivity index is 2.16. The summed E-state index contributed by atoms with van der Waals surface area (Å²) in [5.74, 6) is 0.515. The van der Waals surface area contributed by atoms with Gasteiger partial charge in [0.1, 0.15) is 0 Å². The average Bonchev–Trinajstić information content (AvgIpc) is 2.70. The molecule has 98 valence electrons. The molecule has 0 aromatic heterocycles. The fourth-order valence-corrected chi connectivity index (χ4v) is 1.83. The Morgan fingerprint density at radius 1 is 1.53 bits per heavy atom. The number of rotatable bonds is 6. The van der Waals surface area contributed by atoms with Crippen molar-refractivity contribution in [2.24, 2.45) is 5.41 Å². The number of nitrogens with zero attached hydrogens (tertiary/aromatic N) is 1. The van der Waals surface area contributed by atoms with E-state index in [0.717, 1.165) is 25.9 Å². The molecule has 5 heteroatoms. The SMILES string of the molecule is CC(C)(CCl)C(=O)NCCCN1CCCC1=O. The van der Waals surface area contributed by atoms with Gasteiger partial charge in [0.25, 0.3) is 0 Å². The summed E-state index contributed by atoms with van der Waals surface area (Å²) in [7, 11) is 0. The molecule has 1 rings (SSSR count). The third-order valence-electron chi connectivity index (χ3n) is 3.01. The molecule has 0 saturated carbocycles. The molecule has 1 aliphatic rings. The number of likely N-dealkylation sites (tertiary alicyclic amines) is 1. The minimum Gasteiger partial charge on any atom is -0.356 e. The molecule has 1 N–H and O–H groups in total. The highest BCUT2D eigenvalue weighted by molar-refractivity contribution is 6.19. The Labute approximate surface area is 108 Å². The largest absolute Gasteiger partial charge is 0.356 e. The predicted octanol–water partition coefficient (Wildman–Crippen LogP) is 1.38. The fraction of sp³-hybridized carbons (Fsp3) is 0.833. The van der Waals surface area contributed by atoms with Crippen LogP contribution < -0.4 is 5.32 Å². The first-order valence-electron chi connectivity index (χ1n) is 6.09. The maximum Gasteiger partial charge on any atom is 0.226 e. The zero-order chi connectivity index (χ0) is 12.9. The van der Waals surface area contributed by atoms with Gasteiger partial charge in [0.05, 0.1) is 5.41 Å². The predicted molar refractivity (Wildman–Crippen MR) is 67.9 cm³/mol. The summed E-state index contributed by atoms with van der Waals surface area (Å²) in [6.45, 7) is 5.84. The van der Waals surface area contributed by atoms with Crippen LogP contribution in [0.25, 0.3) is 0 Å². The minimum absolute atomic E-state index is 0.0275. The maximum absolute atomic E-state index is 11.7. The van der Waals surface area contributed by atoms with Crippen molar-refractivity contribution < 1.29 is 9.59 Å². The summed E-state index contributed by atoms with van der Waals surface area (Å²) < 4.78 is 0. The van der Waals surface area contributed by atoms with Crippen molar-refractivity contribution in [2.75, 3.05) is 25.5 Å². The first-order chi connectivity index (χ1) is 7.97. The lowest BCUT2D eigenvalue weighted by Gasteiger charge is -2.21. The Kier molecular flexibility index (Phi) is 5.25. The van der Waals surface area contributed by atoms with Crippen LogP contribution in [0.5, 0.6) is 0 Å². The summed E-state index contributed by atoms with van der Waals surface area (Å²) in [5, 5.41) is 2.85. The molecule has 1 aliphatic heterocycles. The molecule has 2 amide bonds. The number of carbonyl (C=O) groups is 2. The van der Waals surface area contributed by atoms with E-state index in [9.17, 15) is 9.59 Å². The van der Waals surface area contributed by atoms with Gasteiger partial charge in [-0.1, -0.05) is 0 Å². The van der Waals surface area contributed by atoms with Crippen LogP contribution in [0, 0.1) is 5.41 Å². The Morgan fingerprint density at radius 2 is 2.24 bits per heavy atom. The fourth-order valence-electron chi connectivity index (χ4n) is 1.71. The number of hydrogen-bond donors (Lipinski definition) is 1. The zero-order valence-electron chi connectivity index (χ0n) is 10.6. The van der Waals surface area contributed by atoms with Crippen molar-refractivity contribution in [1.29, 1.82) is 0 Å². The second kappa shape index (κ2) is 6.24. The molecule has 0 unspecified atom stereocenters. The van der Waals surface area contributed by atoms with Crippen molar-refractivity contribution in [3.05, 3.63) is 0 Å². The standard InChI is InChI=1S/C12H21ClN2O2/c1-12(2,9-13)11(17)14-6-4-8-15-7-3-5-10(15)16/h3-9H2,1-2H3,(H,14,17). The van der Waals surface area contributed by atoms with Gasteiger partial charge in [-0.25, -0.2) is 0 Å². The molecule has 0 aliphatic carbocycles. The van der Waals surface area contributed by atoms with E-state index in [0.29, 0.717) is 18.8 Å². The lowest BCUT2D eigenvalue weighted by molar-refractivity contribution is -0.128. The van der Waals surface area contributed by atoms with Gasteiger partial charge in [-0.05, 0) is 26.7 Å². The highest BCUT2D eigenvalue weighted by atomic mass is 35.5. The molecule has 1 saturated heterocycles.